The molecule has 0 spiro atoms. The van der Waals surface area contributed by atoms with E-state index >= 15 is 0 Å². The number of allylic oxidation sites excluding steroid dienone is 1. The van der Waals surface area contributed by atoms with Gasteiger partial charge in [0.15, 0.2) is 0 Å². The number of aromatic nitrogens is 1. The quantitative estimate of drug-likeness (QED) is 0.804. The first-order valence-corrected chi connectivity index (χ1v) is 9.56. The number of rotatable bonds is 6. The van der Waals surface area contributed by atoms with E-state index in [4.69, 9.17) is 5.73 Å². The number of nitrogens with two attached hydrogens (primary N) is 1. The summed E-state index contributed by atoms with van der Waals surface area (Å²) in [5, 5.41) is 0. The fraction of sp³-hybridized carbons (Fsp3) is 0.438. The molecule has 0 saturated carbocycles. The van der Waals surface area contributed by atoms with Crippen LogP contribution < -0.4 is 10.5 Å². The van der Waals surface area contributed by atoms with Gasteiger partial charge in [0.25, 0.3) is 0 Å². The lowest BCUT2D eigenvalue weighted by Gasteiger charge is -2.37. The number of likely N-dealkylation sites (N-methyl/N-ethyl adjacent to an activating group) is 1. The van der Waals surface area contributed by atoms with E-state index in [1.54, 1.807) is 18.3 Å². The normalized spacial score (nSPS) is 22.3. The molecule has 1 aliphatic carbocycles. The van der Waals surface area contributed by atoms with Gasteiger partial charge in [0.2, 0.25) is 10.0 Å². The van der Waals surface area contributed by atoms with Crippen LogP contribution in [-0.4, -0.2) is 43.7 Å². The zero-order chi connectivity index (χ0) is 17.9. The Morgan fingerprint density at radius 2 is 2.17 bits per heavy atom. The second-order valence-electron chi connectivity index (χ2n) is 5.95. The molecular formula is C16H23FN4O2S. The van der Waals surface area contributed by atoms with E-state index in [1.807, 2.05) is 24.9 Å². The lowest BCUT2D eigenvalue weighted by Crippen LogP contribution is -2.47. The third-order valence-electron chi connectivity index (χ3n) is 4.00. The standard InChI is InChI=1S/C16H23FN4O2S/c1-4-15(11-7-12(17)10-19-9-11)21(2)16-6-5-13(8-14(16)18)20-24(3,22)23/h5-10,14-16,20H,4,18H2,1-3H3. The highest BCUT2D eigenvalue weighted by atomic mass is 32.2. The van der Waals surface area contributed by atoms with Crippen molar-refractivity contribution in [2.75, 3.05) is 13.3 Å². The largest absolute Gasteiger partial charge is 0.323 e. The maximum Gasteiger partial charge on any atom is 0.229 e. The molecule has 8 heteroatoms. The van der Waals surface area contributed by atoms with Gasteiger partial charge in [-0.2, -0.15) is 0 Å². The van der Waals surface area contributed by atoms with Gasteiger partial charge >= 0.3 is 0 Å². The number of hydrogen-bond acceptors (Lipinski definition) is 5. The molecule has 0 fully saturated rings. The summed E-state index contributed by atoms with van der Waals surface area (Å²) in [6, 6.07) is 0.900. The SMILES string of the molecule is CCC(c1cncc(F)c1)N(C)C1C=CC(NS(C)(=O)=O)=CC1N. The molecule has 1 aromatic heterocycles. The molecule has 0 amide bonds. The first kappa shape index (κ1) is 18.6. The summed E-state index contributed by atoms with van der Waals surface area (Å²) in [4.78, 5) is 5.96. The molecular weight excluding hydrogens is 331 g/mol. The van der Waals surface area contributed by atoms with Crippen molar-refractivity contribution in [2.24, 2.45) is 5.73 Å². The van der Waals surface area contributed by atoms with Crippen LogP contribution in [-0.2, 0) is 10.0 Å². The Labute approximate surface area is 142 Å². The van der Waals surface area contributed by atoms with Crippen molar-refractivity contribution in [2.45, 2.75) is 31.5 Å². The highest BCUT2D eigenvalue weighted by Crippen LogP contribution is 2.27. The predicted octanol–water partition coefficient (Wildman–Crippen LogP) is 1.30. The Bertz CT molecular complexity index is 748. The fourth-order valence-corrected chi connectivity index (χ4v) is 3.52. The zero-order valence-electron chi connectivity index (χ0n) is 14.0. The number of sulfonamides is 1. The molecule has 0 aliphatic heterocycles. The van der Waals surface area contributed by atoms with E-state index in [9.17, 15) is 12.8 Å². The predicted molar refractivity (Wildman–Crippen MR) is 92.0 cm³/mol. The molecule has 6 nitrogen and oxygen atoms in total. The molecule has 24 heavy (non-hydrogen) atoms. The smallest absolute Gasteiger partial charge is 0.229 e. The van der Waals surface area contributed by atoms with Gasteiger partial charge in [0.05, 0.1) is 12.5 Å². The van der Waals surface area contributed by atoms with E-state index in [0.29, 0.717) is 5.70 Å². The van der Waals surface area contributed by atoms with Crippen molar-refractivity contribution in [3.63, 3.8) is 0 Å². The van der Waals surface area contributed by atoms with Crippen LogP contribution in [0.2, 0.25) is 0 Å². The number of pyridine rings is 1. The molecule has 3 unspecified atom stereocenters. The van der Waals surface area contributed by atoms with Gasteiger partial charge in [-0.1, -0.05) is 13.0 Å². The molecule has 132 valence electrons. The topological polar surface area (TPSA) is 88.3 Å². The van der Waals surface area contributed by atoms with E-state index in [0.717, 1.165) is 18.2 Å². The van der Waals surface area contributed by atoms with Gasteiger partial charge < -0.3 is 5.73 Å². The summed E-state index contributed by atoms with van der Waals surface area (Å²) in [5.41, 5.74) is 7.43. The lowest BCUT2D eigenvalue weighted by molar-refractivity contribution is 0.185. The molecule has 0 radical (unpaired) electrons. The van der Waals surface area contributed by atoms with Gasteiger partial charge in [0, 0.05) is 30.0 Å². The Balaban J connectivity index is 2.18. The van der Waals surface area contributed by atoms with Crippen molar-refractivity contribution in [1.29, 1.82) is 0 Å². The van der Waals surface area contributed by atoms with E-state index < -0.39 is 10.0 Å². The fourth-order valence-electron chi connectivity index (χ4n) is 2.96. The molecule has 0 saturated heterocycles. The third kappa shape index (κ3) is 4.62. The number of halogens is 1. The molecule has 0 aromatic carbocycles. The Morgan fingerprint density at radius 3 is 2.71 bits per heavy atom. The summed E-state index contributed by atoms with van der Waals surface area (Å²) in [6.45, 7) is 2.01. The van der Waals surface area contributed by atoms with Crippen LogP contribution in [0.15, 0.2) is 42.4 Å². The van der Waals surface area contributed by atoms with Crippen molar-refractivity contribution < 1.29 is 12.8 Å². The lowest BCUT2D eigenvalue weighted by atomic mass is 9.96. The van der Waals surface area contributed by atoms with Crippen molar-refractivity contribution in [3.8, 4) is 0 Å². The summed E-state index contributed by atoms with van der Waals surface area (Å²) >= 11 is 0. The Kier molecular flexibility index (Phi) is 5.74. The van der Waals surface area contributed by atoms with E-state index in [2.05, 4.69) is 9.71 Å². The van der Waals surface area contributed by atoms with Crippen molar-refractivity contribution >= 4 is 10.0 Å². The van der Waals surface area contributed by atoms with Crippen LogP contribution in [0.5, 0.6) is 0 Å². The number of nitrogens with one attached hydrogen (secondary N) is 1. The third-order valence-corrected chi connectivity index (χ3v) is 4.61. The molecule has 3 atom stereocenters. The highest BCUT2D eigenvalue weighted by molar-refractivity contribution is 7.88. The van der Waals surface area contributed by atoms with Crippen molar-refractivity contribution in [1.82, 2.24) is 14.6 Å². The first-order chi connectivity index (χ1) is 11.2. The van der Waals surface area contributed by atoms with Crippen LogP contribution in [0.3, 0.4) is 0 Å². The second kappa shape index (κ2) is 7.42. The minimum absolute atomic E-state index is 0.0493. The summed E-state index contributed by atoms with van der Waals surface area (Å²) in [6.07, 6.45) is 9.91. The monoisotopic (exact) mass is 354 g/mol. The highest BCUT2D eigenvalue weighted by Gasteiger charge is 2.27. The van der Waals surface area contributed by atoms with Gasteiger partial charge in [-0.15, -0.1) is 0 Å². The van der Waals surface area contributed by atoms with Crippen LogP contribution in [0.4, 0.5) is 4.39 Å². The molecule has 1 aromatic rings. The number of hydrogen-bond donors (Lipinski definition) is 2. The van der Waals surface area contributed by atoms with E-state index in [-0.39, 0.29) is 23.9 Å². The maximum atomic E-state index is 13.5. The van der Waals surface area contributed by atoms with Gasteiger partial charge in [0.1, 0.15) is 5.82 Å². The maximum absolute atomic E-state index is 13.5. The van der Waals surface area contributed by atoms with Crippen molar-refractivity contribution in [3.05, 3.63) is 53.8 Å². The van der Waals surface area contributed by atoms with Crippen LogP contribution in [0.25, 0.3) is 0 Å². The van der Waals surface area contributed by atoms with Gasteiger partial charge in [-0.3, -0.25) is 14.6 Å². The summed E-state index contributed by atoms with van der Waals surface area (Å²) in [5.74, 6) is -0.373. The minimum atomic E-state index is -3.34. The number of nitrogens with zero attached hydrogens (tertiary/aromatic N) is 2. The van der Waals surface area contributed by atoms with Crippen LogP contribution in [0.1, 0.15) is 24.9 Å². The Hall–Kier alpha value is -1.77. The van der Waals surface area contributed by atoms with E-state index in [1.165, 1.54) is 12.3 Å². The zero-order valence-corrected chi connectivity index (χ0v) is 14.8. The average Bonchev–Trinajstić information content (AvgIpc) is 2.46. The molecule has 2 rings (SSSR count). The molecule has 1 heterocycles. The summed E-state index contributed by atoms with van der Waals surface area (Å²) < 4.78 is 38.5. The van der Waals surface area contributed by atoms with Crippen LogP contribution in [0, 0.1) is 5.82 Å². The van der Waals surface area contributed by atoms with Gasteiger partial charge in [-0.25, -0.2) is 12.8 Å². The second-order valence-corrected chi connectivity index (χ2v) is 7.70. The van der Waals surface area contributed by atoms with Gasteiger partial charge in [-0.05, 0) is 37.3 Å². The molecule has 0 bridgehead atoms. The summed E-state index contributed by atoms with van der Waals surface area (Å²) in [7, 11) is -1.43. The first-order valence-electron chi connectivity index (χ1n) is 7.67. The Morgan fingerprint density at radius 1 is 1.46 bits per heavy atom. The minimum Gasteiger partial charge on any atom is -0.323 e. The average molecular weight is 354 g/mol. The van der Waals surface area contributed by atoms with Crippen LogP contribution >= 0.6 is 0 Å². The molecule has 1 aliphatic rings. The molecule has 3 N–H and O–H groups in total.